The van der Waals surface area contributed by atoms with E-state index in [1.807, 2.05) is 294 Å². The quantitative estimate of drug-likeness (QED) is 0.137. The Hall–Kier alpha value is -11.8. The van der Waals surface area contributed by atoms with Crippen LogP contribution in [0.3, 0.4) is 0 Å². The minimum absolute atomic E-state index is 0.705. The average molecular weight is 1550 g/mol. The van der Waals surface area contributed by atoms with Gasteiger partial charge in [-0.1, -0.05) is 209 Å². The van der Waals surface area contributed by atoms with Crippen LogP contribution >= 0.6 is 0 Å². The van der Waals surface area contributed by atoms with Crippen molar-refractivity contribution in [3.63, 3.8) is 0 Å². The number of fused-ring (bicyclic) bond motifs is 12. The maximum atomic E-state index is 4.39. The molecule has 0 spiro atoms. The molecular weight excluding hydrogens is 1420 g/mol. The summed E-state index contributed by atoms with van der Waals surface area (Å²) in [5.74, 6) is 10.4. The Morgan fingerprint density at radius 2 is 0.395 bits per heavy atom. The maximum Gasteiger partial charge on any atom is 0.156 e. The molecule has 612 valence electrons. The molecule has 18 rings (SSSR count). The highest BCUT2D eigenvalue weighted by molar-refractivity contribution is 5.72. The fraction of sp³-hybridized carbons (Fsp3) is 0.400. The van der Waals surface area contributed by atoms with Crippen LogP contribution < -0.4 is 29.4 Å². The predicted molar refractivity (Wildman–Crippen MR) is 479 cm³/mol. The normalized spacial score (nSPS) is 11.1. The van der Waals surface area contributed by atoms with Gasteiger partial charge in [-0.05, 0) is 52.6 Å². The first kappa shape index (κ1) is 100. The van der Waals surface area contributed by atoms with Crippen LogP contribution in [0.25, 0.3) is 0 Å². The van der Waals surface area contributed by atoms with Crippen molar-refractivity contribution in [1.82, 2.24) is 89.7 Å². The van der Waals surface area contributed by atoms with Gasteiger partial charge in [0.2, 0.25) is 0 Å². The Balaban J connectivity index is 0.000000648. The van der Waals surface area contributed by atoms with E-state index in [1.54, 1.807) is 74.8 Å². The van der Waals surface area contributed by atoms with Gasteiger partial charge in [0.25, 0.3) is 0 Å². The highest BCUT2D eigenvalue weighted by atomic mass is 15.3. The molecule has 114 heavy (non-hydrogen) atoms. The lowest BCUT2D eigenvalue weighted by atomic mass is 10.0. The van der Waals surface area contributed by atoms with Crippen LogP contribution in [0.2, 0.25) is 0 Å². The fourth-order valence-electron chi connectivity index (χ4n) is 11.6. The van der Waals surface area contributed by atoms with Gasteiger partial charge in [0, 0.05) is 202 Å². The van der Waals surface area contributed by atoms with E-state index in [-0.39, 0.29) is 0 Å². The highest BCUT2D eigenvalue weighted by Crippen LogP contribution is 2.38. The van der Waals surface area contributed by atoms with Crippen LogP contribution in [0.15, 0.2) is 185 Å². The third-order valence-corrected chi connectivity index (χ3v) is 15.8. The molecule has 0 fully saturated rings. The third-order valence-electron chi connectivity index (χ3n) is 15.8. The zero-order valence-electron chi connectivity index (χ0n) is 74.3. The topological polar surface area (TPSA) is 251 Å². The summed E-state index contributed by atoms with van der Waals surface area (Å²) in [4.78, 5) is 89.0. The summed E-state index contributed by atoms with van der Waals surface area (Å²) in [6, 6.07) is 24.7. The second-order valence-electron chi connectivity index (χ2n) is 21.4. The van der Waals surface area contributed by atoms with E-state index in [0.717, 1.165) is 136 Å². The Bertz CT molecular complexity index is 3530. The van der Waals surface area contributed by atoms with E-state index in [1.165, 1.54) is 33.5 Å². The number of rotatable bonds is 0. The van der Waals surface area contributed by atoms with Crippen LogP contribution in [0, 0.1) is 0 Å². The molecular formula is C90H132N24. The SMILES string of the molecule is CC.CC.CC.CC.CC.CC.CC.CC.CC.CC.CC.CC.CN1c2ccccc2Cc2nccnc21.CN1c2ncccc2Cc2cccnc21.CN1c2ncccc2Cc2cncnc21.CN1c2ncccc2Cc2nccnc21.CN1c2nccnc2Cc2nccnc21.CN1c2ncncc2Cc2cncnc21. The second-order valence-corrected chi connectivity index (χ2v) is 21.4. The maximum absolute atomic E-state index is 4.39. The second kappa shape index (κ2) is 58.1. The summed E-state index contributed by atoms with van der Waals surface area (Å²) >= 11 is 0. The number of hydrogen-bond acceptors (Lipinski definition) is 24. The van der Waals surface area contributed by atoms with Crippen molar-refractivity contribution in [2.75, 3.05) is 71.7 Å². The van der Waals surface area contributed by atoms with E-state index < -0.39 is 0 Å². The van der Waals surface area contributed by atoms with Crippen molar-refractivity contribution < 1.29 is 0 Å². The van der Waals surface area contributed by atoms with Gasteiger partial charge in [0.1, 0.15) is 59.7 Å². The fourth-order valence-corrected chi connectivity index (χ4v) is 11.6. The Morgan fingerprint density at radius 3 is 0.719 bits per heavy atom. The van der Waals surface area contributed by atoms with Crippen molar-refractivity contribution in [3.8, 4) is 0 Å². The van der Waals surface area contributed by atoms with Crippen LogP contribution in [0.4, 0.5) is 69.7 Å². The molecule has 0 N–H and O–H groups in total. The largest absolute Gasteiger partial charge is 0.328 e. The molecule has 6 aliphatic rings. The molecule has 0 bridgehead atoms. The van der Waals surface area contributed by atoms with Gasteiger partial charge in [0.15, 0.2) is 23.3 Å². The van der Waals surface area contributed by atoms with Crippen LogP contribution in [0.5, 0.6) is 0 Å². The van der Waals surface area contributed by atoms with E-state index in [9.17, 15) is 0 Å². The molecule has 0 aliphatic carbocycles. The number of anilines is 12. The molecule has 17 heterocycles. The minimum Gasteiger partial charge on any atom is -0.328 e. The Labute approximate surface area is 684 Å². The van der Waals surface area contributed by atoms with Crippen molar-refractivity contribution in [2.45, 2.75) is 205 Å². The van der Waals surface area contributed by atoms with Gasteiger partial charge < -0.3 is 29.4 Å². The Kier molecular flexibility index (Phi) is 51.1. The molecule has 24 heteroatoms. The molecule has 0 saturated carbocycles. The zero-order valence-corrected chi connectivity index (χ0v) is 74.3. The summed E-state index contributed by atoms with van der Waals surface area (Å²) in [6.07, 6.45) is 36.2. The average Bonchev–Trinajstić information content (AvgIpc) is 0.828. The number of aromatic nitrogens is 18. The number of nitrogens with zero attached hydrogens (tertiary/aromatic N) is 24. The van der Waals surface area contributed by atoms with E-state index >= 15 is 0 Å². The molecule has 6 aliphatic heterocycles. The van der Waals surface area contributed by atoms with Crippen molar-refractivity contribution >= 4 is 69.7 Å². The summed E-state index contributed by atoms with van der Waals surface area (Å²) in [6.45, 7) is 48.0. The van der Waals surface area contributed by atoms with Gasteiger partial charge in [-0.15, -0.1) is 0 Å². The zero-order chi connectivity index (χ0) is 85.5. The van der Waals surface area contributed by atoms with Gasteiger partial charge in [-0.2, -0.15) is 0 Å². The van der Waals surface area contributed by atoms with Gasteiger partial charge in [-0.25, -0.2) is 69.8 Å². The van der Waals surface area contributed by atoms with E-state index in [4.69, 9.17) is 0 Å². The molecule has 1 aromatic carbocycles. The van der Waals surface area contributed by atoms with Crippen molar-refractivity contribution in [1.29, 1.82) is 0 Å². The molecule has 0 amide bonds. The van der Waals surface area contributed by atoms with Crippen LogP contribution in [-0.4, -0.2) is 132 Å². The van der Waals surface area contributed by atoms with E-state index in [0.29, 0.717) is 6.42 Å². The van der Waals surface area contributed by atoms with Gasteiger partial charge in [-0.3, -0.25) is 19.9 Å². The predicted octanol–water partition coefficient (Wildman–Crippen LogP) is 21.6. The number of para-hydroxylation sites is 1. The number of hydrogen-bond donors (Lipinski definition) is 0. The molecule has 0 radical (unpaired) electrons. The monoisotopic (exact) mass is 1550 g/mol. The highest BCUT2D eigenvalue weighted by Gasteiger charge is 2.27. The van der Waals surface area contributed by atoms with Gasteiger partial charge in [0.05, 0.1) is 22.8 Å². The first-order chi connectivity index (χ1) is 56.2. The van der Waals surface area contributed by atoms with Gasteiger partial charge >= 0.3 is 0 Å². The molecule has 0 atom stereocenters. The Morgan fingerprint density at radius 1 is 0.184 bits per heavy atom. The first-order valence-electron chi connectivity index (χ1n) is 41.0. The molecule has 24 nitrogen and oxygen atoms in total. The standard InChI is InChI=1S/2C12H11N3.2C11H10N4.2C10H9N5.12C2H6/c1-15-11-9(4-2-6-13-11)8-10-5-3-7-14-12(10)15;1-15-11-5-3-2-4-9(11)8-10-12(15)14-7-6-13-10;1-15-10-8(3-2-4-13-10)5-9-6-12-7-14-11(9)15;1-15-10-8(3-2-4-13-10)7-9-11(15)14-6-5-12-9;1-15-9-7(3-11-5-13-9)2-8-4-12-6-14-10(8)15;1-15-9-7(11-2-4-13-9)6-8-10(15)14-5-3-12-8;12*1-2/h2*2-7H,8H2,1H3;2-4,6-7H,5H2,1H3;2-6H,7H2,1H3;3-6H,2H2,1H3;2-5H,6H2,1H3;12*1-2H3. The lowest BCUT2D eigenvalue weighted by Gasteiger charge is -2.27. The third kappa shape index (κ3) is 26.7. The van der Waals surface area contributed by atoms with Crippen molar-refractivity contribution in [3.05, 3.63) is 252 Å². The van der Waals surface area contributed by atoms with Crippen LogP contribution in [-0.2, 0) is 38.5 Å². The smallest absolute Gasteiger partial charge is 0.156 e. The molecule has 11 aromatic heterocycles. The molecule has 0 unspecified atom stereocenters. The van der Waals surface area contributed by atoms with E-state index in [2.05, 4.69) is 143 Å². The minimum atomic E-state index is 0.705. The molecule has 12 aromatic rings. The van der Waals surface area contributed by atoms with Crippen molar-refractivity contribution in [2.24, 2.45) is 0 Å². The summed E-state index contributed by atoms with van der Waals surface area (Å²) in [5, 5.41) is 0. The number of pyridine rings is 4. The first-order valence-corrected chi connectivity index (χ1v) is 41.0. The number of benzene rings is 1. The summed E-state index contributed by atoms with van der Waals surface area (Å²) < 4.78 is 0. The van der Waals surface area contributed by atoms with Crippen LogP contribution in [0.1, 0.15) is 233 Å². The molecule has 0 saturated heterocycles. The summed E-state index contributed by atoms with van der Waals surface area (Å²) in [5.41, 5.74) is 14.8. The lowest BCUT2D eigenvalue weighted by molar-refractivity contribution is 0.885. The lowest BCUT2D eigenvalue weighted by Crippen LogP contribution is -2.22. The summed E-state index contributed by atoms with van der Waals surface area (Å²) in [7, 11) is 11.9.